The van der Waals surface area contributed by atoms with Crippen LogP contribution in [0.3, 0.4) is 0 Å². The molecule has 2 aromatic heterocycles. The lowest BCUT2D eigenvalue weighted by molar-refractivity contribution is 0.509. The molecular formula is C16H19N5OS2. The molecule has 0 bridgehead atoms. The van der Waals surface area contributed by atoms with E-state index in [1.807, 2.05) is 37.3 Å². The van der Waals surface area contributed by atoms with Gasteiger partial charge in [0.1, 0.15) is 0 Å². The van der Waals surface area contributed by atoms with E-state index in [1.54, 1.807) is 11.8 Å². The van der Waals surface area contributed by atoms with Crippen molar-refractivity contribution in [2.24, 2.45) is 0 Å². The van der Waals surface area contributed by atoms with Crippen molar-refractivity contribution in [3.05, 3.63) is 36.2 Å². The van der Waals surface area contributed by atoms with Crippen LogP contribution in [0, 0.1) is 0 Å². The van der Waals surface area contributed by atoms with Crippen LogP contribution >= 0.6 is 23.1 Å². The summed E-state index contributed by atoms with van der Waals surface area (Å²) in [5, 5.41) is 20.8. The Kier molecular flexibility index (Phi) is 4.86. The number of aromatic nitrogens is 4. The Labute approximate surface area is 149 Å². The van der Waals surface area contributed by atoms with Gasteiger partial charge < -0.3 is 9.73 Å². The molecule has 8 heteroatoms. The zero-order valence-electron chi connectivity index (χ0n) is 14.0. The highest BCUT2D eigenvalue weighted by Crippen LogP contribution is 2.37. The van der Waals surface area contributed by atoms with Gasteiger partial charge in [-0.05, 0) is 39.8 Å². The first-order chi connectivity index (χ1) is 11.4. The monoisotopic (exact) mass is 361 g/mol. The summed E-state index contributed by atoms with van der Waals surface area (Å²) in [6.45, 7) is 8.29. The third-order valence-corrected chi connectivity index (χ3v) is 4.99. The van der Waals surface area contributed by atoms with Gasteiger partial charge in [-0.3, -0.25) is 0 Å². The highest BCUT2D eigenvalue weighted by molar-refractivity contribution is 8.01. The molecule has 0 aliphatic heterocycles. The Morgan fingerprint density at radius 3 is 2.54 bits per heavy atom. The Morgan fingerprint density at radius 1 is 1.08 bits per heavy atom. The summed E-state index contributed by atoms with van der Waals surface area (Å²) in [6, 6.07) is 9.75. The number of thioether (sulfide) groups is 1. The van der Waals surface area contributed by atoms with Gasteiger partial charge in [0, 0.05) is 11.1 Å². The molecule has 1 aromatic carbocycles. The Bertz CT molecular complexity index is 794. The second-order valence-electron chi connectivity index (χ2n) is 6.32. The van der Waals surface area contributed by atoms with Crippen LogP contribution in [0.5, 0.6) is 0 Å². The van der Waals surface area contributed by atoms with E-state index in [0.29, 0.717) is 11.8 Å². The third-order valence-electron chi connectivity index (χ3n) is 2.98. The number of anilines is 1. The molecule has 126 valence electrons. The normalized spacial score (nSPS) is 13.0. The quantitative estimate of drug-likeness (QED) is 0.663. The molecule has 2 heterocycles. The summed E-state index contributed by atoms with van der Waals surface area (Å²) < 4.78 is 6.66. The number of hydrogen-bond acceptors (Lipinski definition) is 8. The van der Waals surface area contributed by atoms with Gasteiger partial charge in [0.25, 0.3) is 0 Å². The molecule has 0 aliphatic rings. The van der Waals surface area contributed by atoms with E-state index in [0.717, 1.165) is 15.0 Å². The minimum absolute atomic E-state index is 0.00500. The summed E-state index contributed by atoms with van der Waals surface area (Å²) in [7, 11) is 0. The minimum atomic E-state index is -0.0375. The van der Waals surface area contributed by atoms with Crippen LogP contribution < -0.4 is 5.32 Å². The van der Waals surface area contributed by atoms with Crippen LogP contribution in [-0.4, -0.2) is 25.9 Å². The number of nitrogens with one attached hydrogen (secondary N) is 1. The second kappa shape index (κ2) is 6.90. The van der Waals surface area contributed by atoms with E-state index in [2.05, 4.69) is 46.5 Å². The van der Waals surface area contributed by atoms with E-state index in [4.69, 9.17) is 4.42 Å². The Morgan fingerprint density at radius 2 is 1.83 bits per heavy atom. The molecule has 0 amide bonds. The van der Waals surface area contributed by atoms with Gasteiger partial charge in [-0.2, -0.15) is 0 Å². The maximum absolute atomic E-state index is 5.79. The van der Waals surface area contributed by atoms with Gasteiger partial charge >= 0.3 is 0 Å². The smallest absolute Gasteiger partial charge is 0.247 e. The Balaban J connectivity index is 1.67. The molecule has 0 saturated heterocycles. The highest BCUT2D eigenvalue weighted by Gasteiger charge is 2.19. The predicted octanol–water partition coefficient (Wildman–Crippen LogP) is 4.65. The molecule has 1 N–H and O–H groups in total. The number of benzene rings is 1. The predicted molar refractivity (Wildman–Crippen MR) is 97.3 cm³/mol. The molecule has 3 aromatic rings. The number of rotatable bonds is 5. The van der Waals surface area contributed by atoms with E-state index in [9.17, 15) is 0 Å². The molecule has 0 saturated carbocycles. The Hall–Kier alpha value is -1.93. The fourth-order valence-corrected chi connectivity index (χ4v) is 4.06. The summed E-state index contributed by atoms with van der Waals surface area (Å²) in [5.74, 6) is 1.12. The van der Waals surface area contributed by atoms with Crippen molar-refractivity contribution in [2.45, 2.75) is 42.8 Å². The zero-order chi connectivity index (χ0) is 17.2. The standard InChI is InChI=1S/C16H19N5OS2/c1-10(23-15-21-20-14(24-15)17-16(2,3)4)12-18-19-13(22-12)11-8-6-5-7-9-11/h5-10H,1-4H3,(H,17,20)/t10-/m0/s1. The van der Waals surface area contributed by atoms with Crippen LogP contribution in [-0.2, 0) is 0 Å². The molecule has 0 unspecified atom stereocenters. The van der Waals surface area contributed by atoms with E-state index in [-0.39, 0.29) is 10.8 Å². The first kappa shape index (κ1) is 16.9. The first-order valence-corrected chi connectivity index (χ1v) is 9.27. The van der Waals surface area contributed by atoms with Crippen molar-refractivity contribution < 1.29 is 4.42 Å². The average molecular weight is 361 g/mol. The molecule has 6 nitrogen and oxygen atoms in total. The second-order valence-corrected chi connectivity index (χ2v) is 8.89. The van der Waals surface area contributed by atoms with Gasteiger partial charge in [-0.25, -0.2) is 0 Å². The van der Waals surface area contributed by atoms with Gasteiger partial charge in [0.2, 0.25) is 16.9 Å². The minimum Gasteiger partial charge on any atom is -0.419 e. The first-order valence-electron chi connectivity index (χ1n) is 7.58. The van der Waals surface area contributed by atoms with Crippen LogP contribution in [0.4, 0.5) is 5.13 Å². The SMILES string of the molecule is C[C@H](Sc1nnc(NC(C)(C)C)s1)c1nnc(-c2ccccc2)o1. The van der Waals surface area contributed by atoms with Crippen molar-refractivity contribution in [3.63, 3.8) is 0 Å². The van der Waals surface area contributed by atoms with Crippen LogP contribution in [0.15, 0.2) is 39.1 Å². The van der Waals surface area contributed by atoms with E-state index < -0.39 is 0 Å². The van der Waals surface area contributed by atoms with Crippen molar-refractivity contribution in [3.8, 4) is 11.5 Å². The lowest BCUT2D eigenvalue weighted by atomic mass is 10.1. The maximum atomic E-state index is 5.79. The molecule has 0 spiro atoms. The van der Waals surface area contributed by atoms with Crippen molar-refractivity contribution in [2.75, 3.05) is 5.32 Å². The highest BCUT2D eigenvalue weighted by atomic mass is 32.2. The van der Waals surface area contributed by atoms with Crippen molar-refractivity contribution in [1.82, 2.24) is 20.4 Å². The van der Waals surface area contributed by atoms with Gasteiger partial charge in [0.15, 0.2) is 4.34 Å². The number of nitrogens with zero attached hydrogens (tertiary/aromatic N) is 4. The molecule has 0 aliphatic carbocycles. The largest absolute Gasteiger partial charge is 0.419 e. The fourth-order valence-electron chi connectivity index (χ4n) is 1.93. The molecular weight excluding hydrogens is 342 g/mol. The zero-order valence-corrected chi connectivity index (χ0v) is 15.6. The van der Waals surface area contributed by atoms with Crippen molar-refractivity contribution in [1.29, 1.82) is 0 Å². The topological polar surface area (TPSA) is 76.7 Å². The van der Waals surface area contributed by atoms with Gasteiger partial charge in [-0.1, -0.05) is 41.3 Å². The maximum Gasteiger partial charge on any atom is 0.247 e. The van der Waals surface area contributed by atoms with Gasteiger partial charge in [-0.15, -0.1) is 20.4 Å². The molecule has 3 rings (SSSR count). The number of hydrogen-bond donors (Lipinski definition) is 1. The van der Waals surface area contributed by atoms with Crippen LogP contribution in [0.25, 0.3) is 11.5 Å². The lowest BCUT2D eigenvalue weighted by Gasteiger charge is -2.18. The van der Waals surface area contributed by atoms with E-state index in [1.165, 1.54) is 11.3 Å². The summed E-state index contributed by atoms with van der Waals surface area (Å²) >= 11 is 3.09. The molecule has 1 atom stereocenters. The molecule has 0 radical (unpaired) electrons. The van der Waals surface area contributed by atoms with Crippen LogP contribution in [0.1, 0.15) is 38.8 Å². The molecule has 0 fully saturated rings. The summed E-state index contributed by atoms with van der Waals surface area (Å²) in [6.07, 6.45) is 0. The lowest BCUT2D eigenvalue weighted by Crippen LogP contribution is -2.25. The van der Waals surface area contributed by atoms with Crippen molar-refractivity contribution >= 4 is 28.2 Å². The molecule has 24 heavy (non-hydrogen) atoms. The van der Waals surface area contributed by atoms with E-state index >= 15 is 0 Å². The van der Waals surface area contributed by atoms with Crippen LogP contribution in [0.2, 0.25) is 0 Å². The fraction of sp³-hybridized carbons (Fsp3) is 0.375. The van der Waals surface area contributed by atoms with Gasteiger partial charge in [0.05, 0.1) is 5.25 Å². The average Bonchev–Trinajstić information content (AvgIpc) is 3.16. The third kappa shape index (κ3) is 4.33. The summed E-state index contributed by atoms with van der Waals surface area (Å²) in [5.41, 5.74) is 0.880. The summed E-state index contributed by atoms with van der Waals surface area (Å²) in [4.78, 5) is 0.